The molecule has 0 bridgehead atoms. The second kappa shape index (κ2) is 9.37. The summed E-state index contributed by atoms with van der Waals surface area (Å²) in [7, 11) is 1.49. The van der Waals surface area contributed by atoms with E-state index in [9.17, 15) is 22.8 Å². The molecule has 0 atom stereocenters. The van der Waals surface area contributed by atoms with E-state index in [0.29, 0.717) is 15.2 Å². The van der Waals surface area contributed by atoms with Gasteiger partial charge in [-0.1, -0.05) is 17.7 Å². The van der Waals surface area contributed by atoms with E-state index in [1.807, 2.05) is 0 Å². The monoisotopic (exact) mass is 549 g/mol. The first kappa shape index (κ1) is 24.5. The molecule has 0 unspecified atom stereocenters. The molecule has 5 heterocycles. The molecule has 190 valence electrons. The summed E-state index contributed by atoms with van der Waals surface area (Å²) >= 11 is 7.51. The minimum Gasteiger partial charge on any atom is -0.467 e. The Hall–Kier alpha value is -4.17. The minimum atomic E-state index is -4.81. The average molecular weight is 550 g/mol. The number of rotatable bonds is 6. The van der Waals surface area contributed by atoms with Gasteiger partial charge in [-0.05, 0) is 29.6 Å². The van der Waals surface area contributed by atoms with Gasteiger partial charge in [0.1, 0.15) is 16.5 Å². The van der Waals surface area contributed by atoms with Gasteiger partial charge >= 0.3 is 6.18 Å². The van der Waals surface area contributed by atoms with Crippen molar-refractivity contribution in [2.45, 2.75) is 12.7 Å². The van der Waals surface area contributed by atoms with E-state index in [4.69, 9.17) is 16.0 Å². The van der Waals surface area contributed by atoms with Crippen molar-refractivity contribution in [3.8, 4) is 10.6 Å². The Balaban J connectivity index is 1.48. The summed E-state index contributed by atoms with van der Waals surface area (Å²) in [4.78, 5) is 30.5. The number of aromatic nitrogens is 5. The molecule has 5 aromatic heterocycles. The van der Waals surface area contributed by atoms with Gasteiger partial charge in [0.2, 0.25) is 0 Å². The first-order valence-corrected chi connectivity index (χ1v) is 11.7. The topological polar surface area (TPSA) is 119 Å². The number of halogens is 4. The molecule has 0 saturated carbocycles. The smallest absolute Gasteiger partial charge is 0.433 e. The van der Waals surface area contributed by atoms with Gasteiger partial charge < -0.3 is 15.1 Å². The number of aryl methyl sites for hydroxylation is 1. The van der Waals surface area contributed by atoms with Gasteiger partial charge in [0.25, 0.3) is 11.8 Å². The van der Waals surface area contributed by atoms with E-state index >= 15 is 0 Å². The van der Waals surface area contributed by atoms with Gasteiger partial charge in [0, 0.05) is 7.05 Å². The van der Waals surface area contributed by atoms with Crippen LogP contribution in [-0.4, -0.2) is 36.2 Å². The first-order chi connectivity index (χ1) is 17.6. The van der Waals surface area contributed by atoms with Crippen molar-refractivity contribution in [2.75, 3.05) is 5.32 Å². The van der Waals surface area contributed by atoms with Crippen molar-refractivity contribution in [3.63, 3.8) is 0 Å². The molecule has 37 heavy (non-hydrogen) atoms. The van der Waals surface area contributed by atoms with Crippen molar-refractivity contribution in [2.24, 2.45) is 7.05 Å². The Kier molecular flexibility index (Phi) is 6.21. The third-order valence-electron chi connectivity index (χ3n) is 5.22. The Morgan fingerprint density at radius 3 is 2.70 bits per heavy atom. The van der Waals surface area contributed by atoms with Gasteiger partial charge in [-0.3, -0.25) is 14.3 Å². The number of carbonyl (C=O) groups excluding carboxylic acids is 2. The van der Waals surface area contributed by atoms with Crippen molar-refractivity contribution >= 4 is 46.1 Å². The number of anilines is 1. The lowest BCUT2D eigenvalue weighted by Gasteiger charge is -2.10. The second-order valence-corrected chi connectivity index (χ2v) is 8.97. The molecule has 0 fully saturated rings. The highest BCUT2D eigenvalue weighted by Crippen LogP contribution is 2.35. The third kappa shape index (κ3) is 4.68. The fraction of sp³-hybridized carbons (Fsp3) is 0.136. The maximum Gasteiger partial charge on any atom is 0.433 e. The van der Waals surface area contributed by atoms with Gasteiger partial charge in [0.15, 0.2) is 17.0 Å². The van der Waals surface area contributed by atoms with Gasteiger partial charge in [-0.15, -0.1) is 11.3 Å². The number of nitrogens with one attached hydrogen (secondary N) is 2. The fourth-order valence-corrected chi connectivity index (χ4v) is 4.47. The quantitative estimate of drug-likeness (QED) is 0.318. The SMILES string of the molecule is Cn1ncc(NC(=O)c2nn3c(C(F)(F)F)cc(-c4cccs4)nc3c2Cl)c1C(=O)NCc1ccco1. The zero-order valence-electron chi connectivity index (χ0n) is 18.7. The normalized spacial score (nSPS) is 11.7. The molecular weight excluding hydrogens is 535 g/mol. The molecule has 5 rings (SSSR count). The summed E-state index contributed by atoms with van der Waals surface area (Å²) < 4.78 is 48.5. The summed E-state index contributed by atoms with van der Waals surface area (Å²) in [6, 6.07) is 7.46. The van der Waals surface area contributed by atoms with Crippen LogP contribution < -0.4 is 10.6 Å². The van der Waals surface area contributed by atoms with Gasteiger partial charge in [-0.25, -0.2) is 9.50 Å². The van der Waals surface area contributed by atoms with E-state index in [1.165, 1.54) is 35.5 Å². The van der Waals surface area contributed by atoms with Crippen LogP contribution in [0.2, 0.25) is 5.02 Å². The van der Waals surface area contributed by atoms with Crippen LogP contribution in [0.15, 0.2) is 52.6 Å². The molecule has 0 spiro atoms. The maximum absolute atomic E-state index is 13.9. The molecule has 10 nitrogen and oxygen atoms in total. The lowest BCUT2D eigenvalue weighted by Crippen LogP contribution is -2.26. The third-order valence-corrected chi connectivity index (χ3v) is 6.46. The standard InChI is InChI=1S/C22H15ClF3N7O3S/c1-32-18(21(35)27-9-11-4-2-6-36-11)13(10-28-32)30-20(34)17-16(23)19-29-12(14-5-3-7-37-14)8-15(22(24,25)26)33(19)31-17/h2-8,10H,9H2,1H3,(H,27,35)(H,30,34). The molecular formula is C22H15ClF3N7O3S. The molecule has 0 aliphatic rings. The number of alkyl halides is 3. The summed E-state index contributed by atoms with van der Waals surface area (Å²) in [6.45, 7) is 0.0844. The van der Waals surface area contributed by atoms with Crippen LogP contribution in [0.5, 0.6) is 0 Å². The molecule has 5 aromatic rings. The predicted molar refractivity (Wildman–Crippen MR) is 127 cm³/mol. The summed E-state index contributed by atoms with van der Waals surface area (Å²) in [5, 5.41) is 14.2. The van der Waals surface area contributed by atoms with Crippen LogP contribution in [0.1, 0.15) is 32.4 Å². The highest BCUT2D eigenvalue weighted by Gasteiger charge is 2.37. The highest BCUT2D eigenvalue weighted by molar-refractivity contribution is 7.13. The van der Waals surface area contributed by atoms with E-state index < -0.39 is 29.4 Å². The summed E-state index contributed by atoms with van der Waals surface area (Å²) in [6.07, 6.45) is -2.13. The number of hydrogen-bond donors (Lipinski definition) is 2. The molecule has 0 radical (unpaired) electrons. The van der Waals surface area contributed by atoms with Crippen LogP contribution in [0.25, 0.3) is 16.2 Å². The Morgan fingerprint density at radius 1 is 1.22 bits per heavy atom. The first-order valence-electron chi connectivity index (χ1n) is 10.5. The Labute approximate surface area is 214 Å². The van der Waals surface area contributed by atoms with Crippen molar-refractivity contribution in [1.29, 1.82) is 0 Å². The van der Waals surface area contributed by atoms with Crippen LogP contribution >= 0.6 is 22.9 Å². The molecule has 0 aliphatic heterocycles. The zero-order chi connectivity index (χ0) is 26.3. The number of nitrogens with zero attached hydrogens (tertiary/aromatic N) is 5. The minimum absolute atomic E-state index is 0.000784. The van der Waals surface area contributed by atoms with E-state index in [2.05, 4.69) is 25.8 Å². The summed E-state index contributed by atoms with van der Waals surface area (Å²) in [5.41, 5.74) is -1.97. The molecule has 2 N–H and O–H groups in total. The molecule has 0 aliphatic carbocycles. The van der Waals surface area contributed by atoms with E-state index in [0.717, 1.165) is 6.07 Å². The second-order valence-electron chi connectivity index (χ2n) is 7.65. The van der Waals surface area contributed by atoms with Crippen LogP contribution in [0.4, 0.5) is 18.9 Å². The predicted octanol–water partition coefficient (Wildman–Crippen LogP) is 4.64. The van der Waals surface area contributed by atoms with E-state index in [-0.39, 0.29) is 34.3 Å². The average Bonchev–Trinajstić information content (AvgIpc) is 3.65. The Bertz CT molecular complexity index is 1610. The summed E-state index contributed by atoms with van der Waals surface area (Å²) in [5.74, 6) is -1.02. The number of amides is 2. The fourth-order valence-electron chi connectivity index (χ4n) is 3.53. The van der Waals surface area contributed by atoms with Gasteiger partial charge in [0.05, 0.1) is 35.3 Å². The van der Waals surface area contributed by atoms with Crippen LogP contribution in [0.3, 0.4) is 0 Å². The largest absolute Gasteiger partial charge is 0.467 e. The zero-order valence-corrected chi connectivity index (χ0v) is 20.3. The number of carbonyl (C=O) groups is 2. The number of thiophene rings is 1. The lowest BCUT2D eigenvalue weighted by atomic mass is 10.2. The molecule has 0 saturated heterocycles. The molecule has 2 amide bonds. The van der Waals surface area contributed by atoms with Crippen molar-refractivity contribution in [1.82, 2.24) is 29.7 Å². The number of hydrogen-bond acceptors (Lipinski definition) is 7. The lowest BCUT2D eigenvalue weighted by molar-refractivity contribution is -0.142. The Morgan fingerprint density at radius 2 is 2.03 bits per heavy atom. The number of fused-ring (bicyclic) bond motifs is 1. The van der Waals surface area contributed by atoms with Crippen molar-refractivity contribution < 1.29 is 27.2 Å². The number of furan rings is 1. The molecule has 0 aromatic carbocycles. The van der Waals surface area contributed by atoms with E-state index in [1.54, 1.807) is 29.6 Å². The van der Waals surface area contributed by atoms with Crippen LogP contribution in [-0.2, 0) is 19.8 Å². The molecule has 15 heteroatoms. The maximum atomic E-state index is 13.9. The van der Waals surface area contributed by atoms with Crippen molar-refractivity contribution in [3.05, 3.63) is 76.0 Å². The van der Waals surface area contributed by atoms with Gasteiger partial charge in [-0.2, -0.15) is 23.4 Å². The highest BCUT2D eigenvalue weighted by atomic mass is 35.5. The van der Waals surface area contributed by atoms with Crippen LogP contribution in [0, 0.1) is 0 Å².